The van der Waals surface area contributed by atoms with Crippen molar-refractivity contribution in [2.75, 3.05) is 31.6 Å². The third-order valence-electron chi connectivity index (χ3n) is 7.46. The van der Waals surface area contributed by atoms with Crippen LogP contribution < -0.4 is 10.2 Å². The summed E-state index contributed by atoms with van der Waals surface area (Å²) >= 11 is 1.39. The van der Waals surface area contributed by atoms with Crippen molar-refractivity contribution in [1.29, 1.82) is 0 Å². The maximum absolute atomic E-state index is 12.9. The third kappa shape index (κ3) is 6.41. The predicted molar refractivity (Wildman–Crippen MR) is 140 cm³/mol. The van der Waals surface area contributed by atoms with E-state index in [1.165, 1.54) is 23.3 Å². The molecule has 3 heterocycles. The molecule has 3 aromatic rings. The summed E-state index contributed by atoms with van der Waals surface area (Å²) in [6, 6.07) is 9.63. The zero-order chi connectivity index (χ0) is 26.0. The molecule has 1 saturated carbocycles. The van der Waals surface area contributed by atoms with E-state index in [0.717, 1.165) is 73.1 Å². The van der Waals surface area contributed by atoms with Crippen molar-refractivity contribution in [2.24, 2.45) is 5.92 Å². The molecule has 1 aliphatic carbocycles. The van der Waals surface area contributed by atoms with Crippen molar-refractivity contribution in [3.63, 3.8) is 0 Å². The van der Waals surface area contributed by atoms with Gasteiger partial charge in [-0.25, -0.2) is 4.98 Å². The lowest BCUT2D eigenvalue weighted by atomic mass is 9.84. The number of carbonyl (C=O) groups excluding carboxylic acids is 1. The van der Waals surface area contributed by atoms with Gasteiger partial charge in [0, 0.05) is 48.2 Å². The van der Waals surface area contributed by atoms with Gasteiger partial charge < -0.3 is 10.2 Å². The van der Waals surface area contributed by atoms with Gasteiger partial charge >= 0.3 is 6.18 Å². The molecule has 0 spiro atoms. The first-order valence-electron chi connectivity index (χ1n) is 12.9. The van der Waals surface area contributed by atoms with E-state index < -0.39 is 12.7 Å². The summed E-state index contributed by atoms with van der Waals surface area (Å²) in [5.74, 6) is 0.592. The highest BCUT2D eigenvalue weighted by molar-refractivity contribution is 7.15. The number of carbonyl (C=O) groups is 1. The van der Waals surface area contributed by atoms with E-state index in [-0.39, 0.29) is 11.9 Å². The van der Waals surface area contributed by atoms with Gasteiger partial charge in [-0.05, 0) is 69.2 Å². The first kappa shape index (κ1) is 25.9. The summed E-state index contributed by atoms with van der Waals surface area (Å²) in [4.78, 5) is 26.5. The summed E-state index contributed by atoms with van der Waals surface area (Å²) in [6.07, 6.45) is 3.57. The highest BCUT2D eigenvalue weighted by Gasteiger charge is 2.31. The van der Waals surface area contributed by atoms with E-state index in [4.69, 9.17) is 0 Å². The summed E-state index contributed by atoms with van der Waals surface area (Å²) < 4.78 is 38.2. The number of fused-ring (bicyclic) bond motifs is 2. The van der Waals surface area contributed by atoms with Crippen LogP contribution in [-0.4, -0.2) is 59.7 Å². The maximum Gasteiger partial charge on any atom is 0.405 e. The molecule has 6 nitrogen and oxygen atoms in total. The van der Waals surface area contributed by atoms with Gasteiger partial charge in [-0.1, -0.05) is 12.1 Å². The smallest absolute Gasteiger partial charge is 0.349 e. The average Bonchev–Trinajstić information content (AvgIpc) is 3.31. The van der Waals surface area contributed by atoms with E-state index in [1.54, 1.807) is 6.20 Å². The Kier molecular flexibility index (Phi) is 7.67. The second kappa shape index (κ2) is 10.9. The zero-order valence-electron chi connectivity index (χ0n) is 20.9. The van der Waals surface area contributed by atoms with Crippen LogP contribution in [0, 0.1) is 5.92 Å². The minimum Gasteiger partial charge on any atom is -0.349 e. The van der Waals surface area contributed by atoms with Crippen LogP contribution in [0.4, 0.5) is 18.3 Å². The third-order valence-corrected chi connectivity index (χ3v) is 8.74. The van der Waals surface area contributed by atoms with Crippen molar-refractivity contribution in [2.45, 2.75) is 57.3 Å². The predicted octanol–water partition coefficient (Wildman–Crippen LogP) is 5.43. The second-order valence-corrected chi connectivity index (χ2v) is 11.3. The molecular formula is C27H32F3N5OS. The first-order valence-corrected chi connectivity index (χ1v) is 13.7. The van der Waals surface area contributed by atoms with Crippen LogP contribution in [0.2, 0.25) is 0 Å². The number of nitrogens with zero attached hydrogens (tertiary/aromatic N) is 4. The van der Waals surface area contributed by atoms with Crippen LogP contribution >= 0.6 is 11.3 Å². The number of pyridine rings is 1. The number of hydrogen-bond acceptors (Lipinski definition) is 6. The van der Waals surface area contributed by atoms with Crippen LogP contribution in [0.1, 0.15) is 53.0 Å². The molecule has 1 aromatic carbocycles. The molecule has 5 rings (SSSR count). The van der Waals surface area contributed by atoms with Crippen molar-refractivity contribution < 1.29 is 18.0 Å². The van der Waals surface area contributed by atoms with Crippen LogP contribution in [0.3, 0.4) is 0 Å². The molecule has 2 aromatic heterocycles. The molecule has 1 aliphatic heterocycles. The van der Waals surface area contributed by atoms with Crippen molar-refractivity contribution in [3.8, 4) is 0 Å². The van der Waals surface area contributed by atoms with Crippen molar-refractivity contribution in [3.05, 3.63) is 52.7 Å². The topological polar surface area (TPSA) is 61.4 Å². The Morgan fingerprint density at radius 2 is 2.00 bits per heavy atom. The summed E-state index contributed by atoms with van der Waals surface area (Å²) in [5, 5.41) is 4.55. The van der Waals surface area contributed by atoms with Gasteiger partial charge in [0.1, 0.15) is 6.54 Å². The average molecular weight is 532 g/mol. The van der Waals surface area contributed by atoms with E-state index in [0.29, 0.717) is 23.2 Å². The maximum atomic E-state index is 12.9. The molecule has 1 fully saturated rings. The number of thiazole rings is 1. The molecule has 1 N–H and O–H groups in total. The Labute approximate surface area is 218 Å². The fourth-order valence-electron chi connectivity index (χ4n) is 5.45. The van der Waals surface area contributed by atoms with Gasteiger partial charge in [0.05, 0.1) is 11.2 Å². The van der Waals surface area contributed by atoms with Crippen LogP contribution in [-0.2, 0) is 13.0 Å². The molecular weight excluding hydrogens is 499 g/mol. The number of rotatable bonds is 7. The number of aromatic nitrogens is 2. The lowest BCUT2D eigenvalue weighted by molar-refractivity contribution is -0.119. The van der Waals surface area contributed by atoms with Gasteiger partial charge in [0.25, 0.3) is 5.91 Å². The van der Waals surface area contributed by atoms with Gasteiger partial charge in [-0.15, -0.1) is 11.3 Å². The number of benzene rings is 1. The molecule has 2 aliphatic rings. The van der Waals surface area contributed by atoms with Crippen LogP contribution in [0.15, 0.2) is 36.5 Å². The number of nitrogens with one attached hydrogen (secondary N) is 1. The van der Waals surface area contributed by atoms with Gasteiger partial charge in [-0.3, -0.25) is 14.7 Å². The summed E-state index contributed by atoms with van der Waals surface area (Å²) in [6.45, 7) is 1.61. The minimum atomic E-state index is -4.23. The molecule has 1 amide bonds. The molecule has 0 saturated heterocycles. The quantitative estimate of drug-likeness (QED) is 0.441. The van der Waals surface area contributed by atoms with Crippen molar-refractivity contribution >= 4 is 33.3 Å². The SMILES string of the molecule is CN(CC(F)(F)F)c1nc2c(s1)CCN(CC[C@H]1CC[C@H](NC(=O)c3cccc4ncccc34)CC1)C2. The Bertz CT molecular complexity index is 1230. The molecule has 10 heteroatoms. The number of alkyl halides is 3. The molecule has 37 heavy (non-hydrogen) atoms. The minimum absolute atomic E-state index is 0.0327. The van der Waals surface area contributed by atoms with E-state index in [9.17, 15) is 18.0 Å². The normalized spacial score (nSPS) is 20.5. The fraction of sp³-hybridized carbons (Fsp3) is 0.519. The zero-order valence-corrected chi connectivity index (χ0v) is 21.7. The Hall–Kier alpha value is -2.72. The molecule has 0 atom stereocenters. The summed E-state index contributed by atoms with van der Waals surface area (Å²) in [5.41, 5.74) is 2.42. The molecule has 0 bridgehead atoms. The second-order valence-electron chi connectivity index (χ2n) is 10.2. The van der Waals surface area contributed by atoms with E-state index >= 15 is 0 Å². The Morgan fingerprint density at radius 1 is 1.19 bits per heavy atom. The van der Waals surface area contributed by atoms with E-state index in [2.05, 4.69) is 20.2 Å². The van der Waals surface area contributed by atoms with Crippen molar-refractivity contribution in [1.82, 2.24) is 20.2 Å². The van der Waals surface area contributed by atoms with E-state index in [1.807, 2.05) is 30.3 Å². The van der Waals surface area contributed by atoms with Crippen LogP contribution in [0.25, 0.3) is 10.9 Å². The van der Waals surface area contributed by atoms with Gasteiger partial charge in [0.15, 0.2) is 5.13 Å². The van der Waals surface area contributed by atoms with Gasteiger partial charge in [-0.2, -0.15) is 13.2 Å². The summed E-state index contributed by atoms with van der Waals surface area (Å²) in [7, 11) is 1.45. The fourth-order valence-corrected chi connectivity index (χ4v) is 6.47. The number of anilines is 1. The Balaban J connectivity index is 1.07. The molecule has 0 unspecified atom stereocenters. The lowest BCUT2D eigenvalue weighted by Crippen LogP contribution is -2.38. The largest absolute Gasteiger partial charge is 0.405 e. The molecule has 0 radical (unpaired) electrons. The standard InChI is InChI=1S/C27H32F3N5OS/c1-34(17-27(28,29)30)26-33-23-16-35(15-12-24(23)37-26)14-11-18-7-9-19(10-8-18)32-25(36)21-4-2-6-22-20(21)5-3-13-31-22/h2-6,13,18-19H,7-12,14-17H2,1H3,(H,32,36)/t18-,19-. The van der Waals surface area contributed by atoms with Crippen LogP contribution in [0.5, 0.6) is 0 Å². The number of amides is 1. The highest BCUT2D eigenvalue weighted by atomic mass is 32.1. The number of halogens is 3. The van der Waals surface area contributed by atoms with Gasteiger partial charge in [0.2, 0.25) is 0 Å². The monoisotopic (exact) mass is 531 g/mol. The lowest BCUT2D eigenvalue weighted by Gasteiger charge is -2.32. The molecule has 198 valence electrons. The highest BCUT2D eigenvalue weighted by Crippen LogP contribution is 2.33. The first-order chi connectivity index (χ1) is 17.7. The number of hydrogen-bond donors (Lipinski definition) is 1. The Morgan fingerprint density at radius 3 is 2.78 bits per heavy atom.